The third-order valence-electron chi connectivity index (χ3n) is 2.98. The highest BCUT2D eigenvalue weighted by Crippen LogP contribution is 2.25. The van der Waals surface area contributed by atoms with Gasteiger partial charge in [0.15, 0.2) is 0 Å². The number of benzene rings is 1. The Morgan fingerprint density at radius 3 is 2.83 bits per heavy atom. The van der Waals surface area contributed by atoms with Gasteiger partial charge in [-0.3, -0.25) is 4.98 Å². The molecule has 3 heteroatoms. The molecule has 1 aromatic carbocycles. The molecule has 18 heavy (non-hydrogen) atoms. The van der Waals surface area contributed by atoms with E-state index in [0.29, 0.717) is 5.69 Å². The first-order valence-electron chi connectivity index (χ1n) is 6.02. The lowest BCUT2D eigenvalue weighted by molar-refractivity contribution is 0.213. The van der Waals surface area contributed by atoms with Crippen molar-refractivity contribution in [2.45, 2.75) is 19.4 Å². The highest BCUT2D eigenvalue weighted by Gasteiger charge is 2.15. The molecule has 1 atom stereocenters. The van der Waals surface area contributed by atoms with Crippen LogP contribution in [-0.2, 0) is 6.42 Å². The lowest BCUT2D eigenvalue weighted by Crippen LogP contribution is -2.06. The van der Waals surface area contributed by atoms with Crippen LogP contribution in [0.4, 0.5) is 0 Å². The van der Waals surface area contributed by atoms with Gasteiger partial charge in [-0.05, 0) is 35.7 Å². The van der Waals surface area contributed by atoms with E-state index in [9.17, 15) is 5.11 Å². The average Bonchev–Trinajstić information content (AvgIpc) is 2.46. The Kier molecular flexibility index (Phi) is 3.95. The maximum Gasteiger partial charge on any atom is 0.121 e. The van der Waals surface area contributed by atoms with Gasteiger partial charge in [0.1, 0.15) is 11.9 Å². The number of aromatic nitrogens is 1. The quantitative estimate of drug-likeness (QED) is 0.897. The smallest absolute Gasteiger partial charge is 0.121 e. The first-order valence-corrected chi connectivity index (χ1v) is 6.02. The molecule has 1 aromatic heterocycles. The number of methoxy groups -OCH3 is 1. The first-order chi connectivity index (χ1) is 8.76. The van der Waals surface area contributed by atoms with Gasteiger partial charge >= 0.3 is 0 Å². The number of pyridine rings is 1. The number of ether oxygens (including phenoxy) is 1. The van der Waals surface area contributed by atoms with Gasteiger partial charge in [-0.1, -0.05) is 25.1 Å². The molecule has 2 rings (SSSR count). The van der Waals surface area contributed by atoms with Gasteiger partial charge in [0.2, 0.25) is 0 Å². The fourth-order valence-electron chi connectivity index (χ4n) is 1.97. The summed E-state index contributed by atoms with van der Waals surface area (Å²) in [6, 6.07) is 11.3. The maximum atomic E-state index is 10.4. The van der Waals surface area contributed by atoms with Crippen LogP contribution in [0.1, 0.15) is 29.8 Å². The van der Waals surface area contributed by atoms with Gasteiger partial charge in [0.05, 0.1) is 12.8 Å². The highest BCUT2D eigenvalue weighted by atomic mass is 16.5. The van der Waals surface area contributed by atoms with E-state index in [2.05, 4.69) is 11.9 Å². The molecule has 1 N–H and O–H groups in total. The van der Waals surface area contributed by atoms with Crippen molar-refractivity contribution in [1.29, 1.82) is 0 Å². The second-order valence-electron chi connectivity index (χ2n) is 4.08. The number of nitrogens with zero attached hydrogens (tertiary/aromatic N) is 1. The van der Waals surface area contributed by atoms with Crippen LogP contribution in [0.3, 0.4) is 0 Å². The molecule has 0 amide bonds. The number of hydrogen-bond donors (Lipinski definition) is 1. The van der Waals surface area contributed by atoms with Crippen LogP contribution in [0.2, 0.25) is 0 Å². The second-order valence-corrected chi connectivity index (χ2v) is 4.08. The zero-order chi connectivity index (χ0) is 13.0. The van der Waals surface area contributed by atoms with Crippen molar-refractivity contribution in [1.82, 2.24) is 4.98 Å². The molecular formula is C15H17NO2. The summed E-state index contributed by atoms with van der Waals surface area (Å²) in [6.45, 7) is 2.05. The summed E-state index contributed by atoms with van der Waals surface area (Å²) < 4.78 is 5.17. The Labute approximate surface area is 107 Å². The van der Waals surface area contributed by atoms with E-state index in [1.807, 2.05) is 36.4 Å². The van der Waals surface area contributed by atoms with Crippen molar-refractivity contribution in [3.05, 3.63) is 59.4 Å². The SMILES string of the molecule is CCc1cccnc1C(O)c1cccc(OC)c1. The fraction of sp³-hybridized carbons (Fsp3) is 0.267. The lowest BCUT2D eigenvalue weighted by atomic mass is 10.0. The molecule has 0 aliphatic rings. The minimum Gasteiger partial charge on any atom is -0.497 e. The molecule has 0 radical (unpaired) electrons. The van der Waals surface area contributed by atoms with E-state index in [1.54, 1.807) is 13.3 Å². The van der Waals surface area contributed by atoms with Crippen molar-refractivity contribution >= 4 is 0 Å². The number of aliphatic hydroxyl groups is 1. The zero-order valence-electron chi connectivity index (χ0n) is 10.6. The summed E-state index contributed by atoms with van der Waals surface area (Å²) in [5, 5.41) is 10.4. The van der Waals surface area contributed by atoms with Crippen LogP contribution in [-0.4, -0.2) is 17.2 Å². The molecular weight excluding hydrogens is 226 g/mol. The molecule has 94 valence electrons. The van der Waals surface area contributed by atoms with E-state index in [4.69, 9.17) is 4.74 Å². The third-order valence-corrected chi connectivity index (χ3v) is 2.98. The standard InChI is InChI=1S/C15H17NO2/c1-3-11-7-5-9-16-14(11)15(17)12-6-4-8-13(10-12)18-2/h4-10,15,17H,3H2,1-2H3. The minimum absolute atomic E-state index is 0.712. The molecule has 1 unspecified atom stereocenters. The van der Waals surface area contributed by atoms with Crippen LogP contribution < -0.4 is 4.74 Å². The lowest BCUT2D eigenvalue weighted by Gasteiger charge is -2.14. The van der Waals surface area contributed by atoms with Crippen LogP contribution in [0.15, 0.2) is 42.6 Å². The van der Waals surface area contributed by atoms with Crippen LogP contribution in [0.25, 0.3) is 0 Å². The minimum atomic E-state index is -0.712. The Balaban J connectivity index is 2.37. The first kappa shape index (κ1) is 12.6. The summed E-state index contributed by atoms with van der Waals surface area (Å²) in [4.78, 5) is 4.29. The van der Waals surface area contributed by atoms with Gasteiger partial charge in [-0.2, -0.15) is 0 Å². The Morgan fingerprint density at radius 1 is 1.28 bits per heavy atom. The van der Waals surface area contributed by atoms with Crippen molar-refractivity contribution in [2.24, 2.45) is 0 Å². The van der Waals surface area contributed by atoms with Crippen LogP contribution >= 0.6 is 0 Å². The predicted molar refractivity (Wildman–Crippen MR) is 70.7 cm³/mol. The molecule has 0 bridgehead atoms. The molecule has 2 aromatic rings. The summed E-state index contributed by atoms with van der Waals surface area (Å²) >= 11 is 0. The molecule has 0 spiro atoms. The van der Waals surface area contributed by atoms with E-state index < -0.39 is 6.10 Å². The molecule has 0 aliphatic heterocycles. The topological polar surface area (TPSA) is 42.4 Å². The van der Waals surface area contributed by atoms with E-state index in [0.717, 1.165) is 23.3 Å². The molecule has 0 fully saturated rings. The van der Waals surface area contributed by atoms with Gasteiger partial charge in [-0.25, -0.2) is 0 Å². The van der Waals surface area contributed by atoms with Crippen molar-refractivity contribution in [3.8, 4) is 5.75 Å². The molecule has 0 saturated heterocycles. The van der Waals surface area contributed by atoms with Gasteiger partial charge in [0, 0.05) is 6.20 Å². The normalized spacial score (nSPS) is 12.2. The van der Waals surface area contributed by atoms with Crippen LogP contribution in [0, 0.1) is 0 Å². The highest BCUT2D eigenvalue weighted by molar-refractivity contribution is 5.35. The Bertz CT molecular complexity index is 525. The van der Waals surface area contributed by atoms with Crippen molar-refractivity contribution in [2.75, 3.05) is 7.11 Å². The predicted octanol–water partition coefficient (Wildman–Crippen LogP) is 2.73. The number of aliphatic hydroxyl groups excluding tert-OH is 1. The Morgan fingerprint density at radius 2 is 2.11 bits per heavy atom. The summed E-state index contributed by atoms with van der Waals surface area (Å²) in [6.07, 6.45) is 1.85. The van der Waals surface area contributed by atoms with Crippen LogP contribution in [0.5, 0.6) is 5.75 Å². The van der Waals surface area contributed by atoms with E-state index >= 15 is 0 Å². The number of hydrogen-bond acceptors (Lipinski definition) is 3. The maximum absolute atomic E-state index is 10.4. The fourth-order valence-corrected chi connectivity index (χ4v) is 1.97. The Hall–Kier alpha value is -1.87. The third kappa shape index (κ3) is 2.51. The molecule has 0 aliphatic carbocycles. The monoisotopic (exact) mass is 243 g/mol. The van der Waals surface area contributed by atoms with Crippen molar-refractivity contribution < 1.29 is 9.84 Å². The van der Waals surface area contributed by atoms with Crippen molar-refractivity contribution in [3.63, 3.8) is 0 Å². The van der Waals surface area contributed by atoms with Gasteiger partial charge < -0.3 is 9.84 Å². The number of aryl methyl sites for hydroxylation is 1. The molecule has 3 nitrogen and oxygen atoms in total. The van der Waals surface area contributed by atoms with Gasteiger partial charge in [-0.15, -0.1) is 0 Å². The number of rotatable bonds is 4. The molecule has 0 saturated carbocycles. The van der Waals surface area contributed by atoms with E-state index in [-0.39, 0.29) is 0 Å². The average molecular weight is 243 g/mol. The summed E-state index contributed by atoms with van der Waals surface area (Å²) in [7, 11) is 1.61. The molecule has 1 heterocycles. The summed E-state index contributed by atoms with van der Waals surface area (Å²) in [5.41, 5.74) is 2.57. The van der Waals surface area contributed by atoms with Gasteiger partial charge in [0.25, 0.3) is 0 Å². The zero-order valence-corrected chi connectivity index (χ0v) is 10.6. The largest absolute Gasteiger partial charge is 0.497 e. The second kappa shape index (κ2) is 5.65. The summed E-state index contributed by atoms with van der Waals surface area (Å²) in [5.74, 6) is 0.737. The van der Waals surface area contributed by atoms with E-state index in [1.165, 1.54) is 0 Å².